The van der Waals surface area contributed by atoms with Gasteiger partial charge in [-0.1, -0.05) is 41.4 Å². The highest BCUT2D eigenvalue weighted by Gasteiger charge is 2.20. The molecule has 2 aromatic rings. The van der Waals surface area contributed by atoms with Gasteiger partial charge in [-0.3, -0.25) is 0 Å². The third-order valence-electron chi connectivity index (χ3n) is 3.04. The van der Waals surface area contributed by atoms with Gasteiger partial charge in [-0.25, -0.2) is 8.42 Å². The van der Waals surface area contributed by atoms with Gasteiger partial charge in [-0.05, 0) is 36.2 Å². The van der Waals surface area contributed by atoms with Crippen LogP contribution in [0.2, 0.25) is 10.0 Å². The normalized spacial score (nSPS) is 11.6. The molecule has 2 N–H and O–H groups in total. The molecule has 0 atom stereocenters. The molecule has 0 aliphatic rings. The maximum Gasteiger partial charge on any atom is 0.182 e. The zero-order chi connectivity index (χ0) is 14.9. The first-order chi connectivity index (χ1) is 9.33. The Labute approximate surface area is 128 Å². The first-order valence-corrected chi connectivity index (χ1v) is 8.24. The van der Waals surface area contributed by atoms with E-state index >= 15 is 0 Å². The number of benzene rings is 2. The van der Waals surface area contributed by atoms with E-state index in [-0.39, 0.29) is 15.7 Å². The maximum absolute atomic E-state index is 12.5. The Morgan fingerprint density at radius 2 is 1.75 bits per heavy atom. The molecule has 0 heterocycles. The van der Waals surface area contributed by atoms with Crippen LogP contribution in [0.4, 0.5) is 5.69 Å². The van der Waals surface area contributed by atoms with Gasteiger partial charge >= 0.3 is 0 Å². The zero-order valence-corrected chi connectivity index (χ0v) is 13.1. The number of hydrogen-bond acceptors (Lipinski definition) is 3. The van der Waals surface area contributed by atoms with Crippen molar-refractivity contribution in [3.8, 4) is 0 Å². The fourth-order valence-electron chi connectivity index (χ4n) is 1.91. The van der Waals surface area contributed by atoms with Gasteiger partial charge in [0.15, 0.2) is 9.84 Å². The minimum atomic E-state index is -3.53. The number of halogens is 2. The fourth-order valence-corrected chi connectivity index (χ4v) is 4.05. The molecule has 0 unspecified atom stereocenters. The van der Waals surface area contributed by atoms with Gasteiger partial charge in [0.25, 0.3) is 0 Å². The Balaban J connectivity index is 2.47. The summed E-state index contributed by atoms with van der Waals surface area (Å²) in [6, 6.07) is 9.76. The Bertz CT molecular complexity index is 758. The molecule has 0 aliphatic carbocycles. The molecule has 3 nitrogen and oxygen atoms in total. The van der Waals surface area contributed by atoms with Crippen LogP contribution in [0.3, 0.4) is 0 Å². The molecule has 0 saturated heterocycles. The lowest BCUT2D eigenvalue weighted by Crippen LogP contribution is -2.08. The van der Waals surface area contributed by atoms with E-state index in [2.05, 4.69) is 0 Å². The quantitative estimate of drug-likeness (QED) is 0.870. The van der Waals surface area contributed by atoms with E-state index in [1.165, 1.54) is 0 Å². The Morgan fingerprint density at radius 3 is 2.45 bits per heavy atom. The zero-order valence-electron chi connectivity index (χ0n) is 10.7. The van der Waals surface area contributed by atoms with Crippen molar-refractivity contribution in [2.24, 2.45) is 0 Å². The van der Waals surface area contributed by atoms with Crippen LogP contribution in [0.15, 0.2) is 41.3 Å². The highest BCUT2D eigenvalue weighted by atomic mass is 35.5. The highest BCUT2D eigenvalue weighted by Crippen LogP contribution is 2.30. The first kappa shape index (κ1) is 15.2. The summed E-state index contributed by atoms with van der Waals surface area (Å²) in [6.45, 7) is 1.68. The summed E-state index contributed by atoms with van der Waals surface area (Å²) in [4.78, 5) is 0.216. The number of nitrogen functional groups attached to an aromatic ring is 1. The minimum absolute atomic E-state index is 0.212. The Kier molecular flexibility index (Phi) is 4.28. The molecular formula is C14H13Cl2NO2S. The van der Waals surface area contributed by atoms with Crippen LogP contribution < -0.4 is 5.73 Å². The monoisotopic (exact) mass is 329 g/mol. The van der Waals surface area contributed by atoms with E-state index in [4.69, 9.17) is 28.9 Å². The number of hydrogen-bond donors (Lipinski definition) is 1. The lowest BCUT2D eigenvalue weighted by atomic mass is 10.2. The van der Waals surface area contributed by atoms with Crippen molar-refractivity contribution >= 4 is 38.7 Å². The molecular weight excluding hydrogens is 317 g/mol. The fraction of sp³-hybridized carbons (Fsp3) is 0.143. The second-order valence-corrected chi connectivity index (χ2v) is 7.19. The predicted octanol–water partition coefficient (Wildman–Crippen LogP) is 3.86. The number of rotatable bonds is 3. The number of nitrogens with two attached hydrogens (primary N) is 1. The van der Waals surface area contributed by atoms with Crippen molar-refractivity contribution in [3.63, 3.8) is 0 Å². The lowest BCUT2D eigenvalue weighted by molar-refractivity contribution is 0.594. The average molecular weight is 330 g/mol. The lowest BCUT2D eigenvalue weighted by Gasteiger charge is -2.11. The summed E-state index contributed by atoms with van der Waals surface area (Å²) in [5.74, 6) is -0.212. The van der Waals surface area contributed by atoms with Crippen molar-refractivity contribution in [3.05, 3.63) is 57.6 Å². The van der Waals surface area contributed by atoms with E-state index < -0.39 is 9.84 Å². The molecule has 0 bridgehead atoms. The molecule has 106 valence electrons. The van der Waals surface area contributed by atoms with E-state index in [1.807, 2.05) is 0 Å². The van der Waals surface area contributed by atoms with Gasteiger partial charge in [0, 0.05) is 5.69 Å². The molecule has 0 amide bonds. The van der Waals surface area contributed by atoms with Crippen molar-refractivity contribution in [2.45, 2.75) is 17.6 Å². The van der Waals surface area contributed by atoms with Gasteiger partial charge in [0.05, 0.1) is 20.7 Å². The smallest absolute Gasteiger partial charge is 0.182 e. The molecule has 2 rings (SSSR count). The van der Waals surface area contributed by atoms with Crippen LogP contribution in [-0.2, 0) is 15.6 Å². The molecule has 0 saturated carbocycles. The van der Waals surface area contributed by atoms with Crippen molar-refractivity contribution in [1.29, 1.82) is 0 Å². The summed E-state index contributed by atoms with van der Waals surface area (Å²) in [7, 11) is -3.53. The third-order valence-corrected chi connectivity index (χ3v) is 5.70. The molecule has 20 heavy (non-hydrogen) atoms. The minimum Gasteiger partial charge on any atom is -0.398 e. The Morgan fingerprint density at radius 1 is 1.10 bits per heavy atom. The van der Waals surface area contributed by atoms with E-state index in [1.54, 1.807) is 43.3 Å². The van der Waals surface area contributed by atoms with Crippen LogP contribution in [0, 0.1) is 6.92 Å². The second-order valence-electron chi connectivity index (χ2n) is 4.44. The molecule has 0 spiro atoms. The van der Waals surface area contributed by atoms with Crippen molar-refractivity contribution in [1.82, 2.24) is 0 Å². The van der Waals surface area contributed by atoms with E-state index in [0.717, 1.165) is 0 Å². The maximum atomic E-state index is 12.5. The van der Waals surface area contributed by atoms with Gasteiger partial charge in [0.2, 0.25) is 0 Å². The first-order valence-electron chi connectivity index (χ1n) is 5.83. The predicted molar refractivity (Wildman–Crippen MR) is 82.9 cm³/mol. The van der Waals surface area contributed by atoms with E-state index in [9.17, 15) is 8.42 Å². The summed E-state index contributed by atoms with van der Waals surface area (Å²) < 4.78 is 25.0. The molecule has 0 fully saturated rings. The van der Waals surface area contributed by atoms with Gasteiger partial charge in [-0.2, -0.15) is 0 Å². The van der Waals surface area contributed by atoms with Crippen molar-refractivity contribution < 1.29 is 8.42 Å². The van der Waals surface area contributed by atoms with Gasteiger partial charge < -0.3 is 5.73 Å². The number of anilines is 1. The molecule has 0 aromatic heterocycles. The van der Waals surface area contributed by atoms with Crippen molar-refractivity contribution in [2.75, 3.05) is 5.73 Å². The van der Waals surface area contributed by atoms with Gasteiger partial charge in [0.1, 0.15) is 0 Å². The molecule has 0 aliphatic heterocycles. The van der Waals surface area contributed by atoms with Crippen LogP contribution in [0.5, 0.6) is 0 Å². The highest BCUT2D eigenvalue weighted by molar-refractivity contribution is 7.90. The van der Waals surface area contributed by atoms with Crippen LogP contribution in [0.25, 0.3) is 0 Å². The molecule has 2 aromatic carbocycles. The van der Waals surface area contributed by atoms with Crippen LogP contribution in [0.1, 0.15) is 11.1 Å². The average Bonchev–Trinajstić information content (AvgIpc) is 2.38. The summed E-state index contributed by atoms with van der Waals surface area (Å²) in [5, 5.41) is 0.600. The molecule has 6 heteroatoms. The Hall–Kier alpha value is -1.23. The summed E-state index contributed by atoms with van der Waals surface area (Å²) in [5.41, 5.74) is 7.22. The van der Waals surface area contributed by atoms with Crippen LogP contribution >= 0.6 is 23.2 Å². The van der Waals surface area contributed by atoms with E-state index in [0.29, 0.717) is 21.8 Å². The van der Waals surface area contributed by atoms with Crippen LogP contribution in [-0.4, -0.2) is 8.42 Å². The van der Waals surface area contributed by atoms with Gasteiger partial charge in [-0.15, -0.1) is 0 Å². The largest absolute Gasteiger partial charge is 0.398 e. The molecule has 0 radical (unpaired) electrons. The second kappa shape index (κ2) is 5.64. The SMILES string of the molecule is Cc1c(N)cccc1S(=O)(=O)Cc1cccc(Cl)c1Cl. The summed E-state index contributed by atoms with van der Waals surface area (Å²) in [6.07, 6.45) is 0. The summed E-state index contributed by atoms with van der Waals surface area (Å²) >= 11 is 11.9. The standard InChI is InChI=1S/C14H13Cl2NO2S/c1-9-12(17)6-3-7-13(9)20(18,19)8-10-4-2-5-11(15)14(10)16/h2-7H,8,17H2,1H3. The number of sulfone groups is 1. The topological polar surface area (TPSA) is 60.2 Å². The third kappa shape index (κ3) is 2.92.